The van der Waals surface area contributed by atoms with E-state index in [1.54, 1.807) is 52.3 Å². The van der Waals surface area contributed by atoms with Gasteiger partial charge in [-0.3, -0.25) is 19.1 Å². The van der Waals surface area contributed by atoms with E-state index >= 15 is 0 Å². The van der Waals surface area contributed by atoms with Gasteiger partial charge in [-0.15, -0.1) is 6.58 Å². The van der Waals surface area contributed by atoms with Gasteiger partial charge in [0.1, 0.15) is 29.5 Å². The highest BCUT2D eigenvalue weighted by atomic mass is 35.6. The van der Waals surface area contributed by atoms with Gasteiger partial charge in [0.2, 0.25) is 31.5 Å². The minimum atomic E-state index is -3.93. The minimum absolute atomic E-state index is 0.0375. The van der Waals surface area contributed by atoms with Crippen molar-refractivity contribution >= 4 is 79.4 Å². The second-order valence-corrected chi connectivity index (χ2v) is 19.5. The van der Waals surface area contributed by atoms with Gasteiger partial charge in [-0.25, -0.2) is 18.2 Å². The summed E-state index contributed by atoms with van der Waals surface area (Å²) in [5, 5.41) is 6.11. The largest absolute Gasteiger partial charge is 0.497 e. The Kier molecular flexibility index (Phi) is 11.2. The maximum absolute atomic E-state index is 14.5. The molecule has 53 heavy (non-hydrogen) atoms. The summed E-state index contributed by atoms with van der Waals surface area (Å²) in [4.78, 5) is 61.1. The van der Waals surface area contributed by atoms with E-state index in [1.165, 1.54) is 24.8 Å². The van der Waals surface area contributed by atoms with Crippen molar-refractivity contribution in [3.05, 3.63) is 43.1 Å². The van der Waals surface area contributed by atoms with Crippen molar-refractivity contribution in [1.82, 2.24) is 25.2 Å². The monoisotopic (exact) mass is 815 g/mol. The molecule has 0 spiro atoms. The van der Waals surface area contributed by atoms with Crippen LogP contribution in [0.1, 0.15) is 60.3 Å². The first-order valence-electron chi connectivity index (χ1n) is 17.0. The molecular weight excluding hydrogens is 773 g/mol. The molecule has 2 heterocycles. The summed E-state index contributed by atoms with van der Waals surface area (Å²) in [6.07, 6.45) is 2.15. The van der Waals surface area contributed by atoms with Crippen LogP contribution in [-0.2, 0) is 29.1 Å². The van der Waals surface area contributed by atoms with Crippen LogP contribution in [0.4, 0.5) is 4.79 Å². The zero-order chi connectivity index (χ0) is 39.3. The van der Waals surface area contributed by atoms with E-state index in [-0.39, 0.29) is 25.3 Å². The lowest BCUT2D eigenvalue weighted by molar-refractivity contribution is -0.143. The number of methoxy groups -OCH3 is 1. The predicted octanol–water partition coefficient (Wildman–Crippen LogP) is 4.55. The van der Waals surface area contributed by atoms with E-state index in [2.05, 4.69) is 26.9 Å². The normalized spacial score (nSPS) is 23.8. The molecule has 5 rings (SSSR count). The fourth-order valence-corrected chi connectivity index (χ4v) is 7.63. The first-order chi connectivity index (χ1) is 24.5. The van der Waals surface area contributed by atoms with Crippen LogP contribution in [0.2, 0.25) is 0 Å². The molecule has 2 aromatic rings. The number of carbonyl (C=O) groups excluding carboxylic acids is 4. The third kappa shape index (κ3) is 8.73. The van der Waals surface area contributed by atoms with Crippen molar-refractivity contribution in [3.8, 4) is 11.6 Å². The Morgan fingerprint density at radius 2 is 1.77 bits per heavy atom. The number of hydrogen-bond donors (Lipinski definition) is 3. The summed E-state index contributed by atoms with van der Waals surface area (Å²) in [6.45, 7) is 11.5. The third-order valence-electron chi connectivity index (χ3n) is 9.72. The van der Waals surface area contributed by atoms with E-state index in [9.17, 15) is 27.6 Å². The first kappa shape index (κ1) is 40.7. The summed E-state index contributed by atoms with van der Waals surface area (Å²) in [7, 11) is -2.38. The zero-order valence-electron chi connectivity index (χ0n) is 30.2. The number of fused-ring (bicyclic) bond motifs is 1. The average Bonchev–Trinajstić information content (AvgIpc) is 3.98. The number of carbonyl (C=O) groups is 4. The van der Waals surface area contributed by atoms with Crippen molar-refractivity contribution in [1.29, 1.82) is 0 Å². The number of amides is 4. The number of pyridine rings is 1. The Bertz CT molecular complexity index is 1910. The molecule has 18 heteroatoms. The maximum atomic E-state index is 14.5. The number of benzene rings is 1. The lowest BCUT2D eigenvalue weighted by atomic mass is 9.85. The highest BCUT2D eigenvalue weighted by molar-refractivity contribution is 7.91. The molecule has 3 fully saturated rings. The van der Waals surface area contributed by atoms with Crippen LogP contribution in [0.25, 0.3) is 10.8 Å². The van der Waals surface area contributed by atoms with Crippen molar-refractivity contribution in [2.75, 3.05) is 13.7 Å². The Hall–Kier alpha value is -3.53. The zero-order valence-corrected chi connectivity index (χ0v) is 33.3. The Balaban J connectivity index is 1.45. The molecule has 0 radical (unpaired) electrons. The van der Waals surface area contributed by atoms with E-state index < -0.39 is 83.5 Å². The number of rotatable bonds is 12. The summed E-state index contributed by atoms with van der Waals surface area (Å²) in [5.74, 6) is -1.95. The molecule has 3 aliphatic rings. The molecule has 290 valence electrons. The van der Waals surface area contributed by atoms with Gasteiger partial charge in [0.25, 0.3) is 5.91 Å². The minimum Gasteiger partial charge on any atom is -0.497 e. The second-order valence-electron chi connectivity index (χ2n) is 15.2. The fraction of sp³-hybridized carbons (Fsp3) is 0.571. The highest BCUT2D eigenvalue weighted by Gasteiger charge is 2.62. The average molecular weight is 817 g/mol. The molecule has 2 saturated carbocycles. The van der Waals surface area contributed by atoms with E-state index in [0.717, 1.165) is 5.39 Å². The Morgan fingerprint density at radius 1 is 1.09 bits per heavy atom. The van der Waals surface area contributed by atoms with Gasteiger partial charge < -0.3 is 29.7 Å². The maximum Gasteiger partial charge on any atom is 0.408 e. The van der Waals surface area contributed by atoms with Gasteiger partial charge in [0, 0.05) is 23.9 Å². The van der Waals surface area contributed by atoms with Gasteiger partial charge >= 0.3 is 6.09 Å². The van der Waals surface area contributed by atoms with Gasteiger partial charge in [0.15, 0.2) is 5.60 Å². The number of nitrogens with zero attached hydrogens (tertiary/aromatic N) is 2. The third-order valence-corrected chi connectivity index (χ3v) is 12.9. The highest BCUT2D eigenvalue weighted by Crippen LogP contribution is 2.46. The van der Waals surface area contributed by atoms with Crippen molar-refractivity contribution in [2.24, 2.45) is 11.3 Å². The number of halogens is 3. The van der Waals surface area contributed by atoms with Crippen LogP contribution in [0.15, 0.2) is 43.1 Å². The molecule has 1 aromatic heterocycles. The van der Waals surface area contributed by atoms with E-state index in [1.807, 2.05) is 6.07 Å². The van der Waals surface area contributed by atoms with Crippen molar-refractivity contribution < 1.29 is 41.8 Å². The molecule has 1 aliphatic heterocycles. The molecule has 0 bridgehead atoms. The molecule has 14 nitrogen and oxygen atoms in total. The Labute approximate surface area is 323 Å². The quantitative estimate of drug-likeness (QED) is 0.203. The molecule has 3 N–H and O–H groups in total. The number of alkyl halides is 3. The Morgan fingerprint density at radius 3 is 2.34 bits per heavy atom. The van der Waals surface area contributed by atoms with Gasteiger partial charge in [-0.05, 0) is 68.2 Å². The number of hydrogen-bond acceptors (Lipinski definition) is 10. The van der Waals surface area contributed by atoms with E-state index in [0.29, 0.717) is 24.0 Å². The SMILES string of the molecule is C=CC1CC1(NC(=O)C1CC(Oc2nccc3cc(OC)ccc23)CN1C(=O)C(NC(=O)OC(C)(C)C(Cl)(Cl)Cl)C(C)(C)C)C(=O)NS(=O)(=O)C1CC1. The molecule has 2 aliphatic carbocycles. The van der Waals surface area contributed by atoms with Crippen LogP contribution in [-0.4, -0.2) is 94.1 Å². The molecule has 1 saturated heterocycles. The summed E-state index contributed by atoms with van der Waals surface area (Å²) < 4.78 is 42.6. The topological polar surface area (TPSA) is 182 Å². The summed E-state index contributed by atoms with van der Waals surface area (Å²) in [6, 6.07) is 4.64. The van der Waals surface area contributed by atoms with Crippen molar-refractivity contribution in [3.63, 3.8) is 0 Å². The fourth-order valence-electron chi connectivity index (χ4n) is 6.15. The molecule has 1 aromatic carbocycles. The van der Waals surface area contributed by atoms with Gasteiger partial charge in [0.05, 0.1) is 18.9 Å². The number of nitrogens with one attached hydrogen (secondary N) is 3. The van der Waals surface area contributed by atoms with Crippen LogP contribution in [0.3, 0.4) is 0 Å². The van der Waals surface area contributed by atoms with Crippen molar-refractivity contribution in [2.45, 2.75) is 98.7 Å². The number of likely N-dealkylation sites (tertiary alicyclic amines) is 1. The molecule has 5 atom stereocenters. The summed E-state index contributed by atoms with van der Waals surface area (Å²) >= 11 is 18.1. The lowest BCUT2D eigenvalue weighted by Crippen LogP contribution is -2.60. The molecule has 5 unspecified atom stereocenters. The van der Waals surface area contributed by atoms with E-state index in [4.69, 9.17) is 49.0 Å². The van der Waals surface area contributed by atoms with Crippen LogP contribution >= 0.6 is 34.8 Å². The lowest BCUT2D eigenvalue weighted by Gasteiger charge is -2.37. The second kappa shape index (κ2) is 14.6. The first-order valence-corrected chi connectivity index (χ1v) is 19.7. The molecule has 4 amide bonds. The smallest absolute Gasteiger partial charge is 0.408 e. The number of aromatic nitrogens is 1. The number of ether oxygens (including phenoxy) is 3. The molecular formula is C35H44Cl3N5O9S. The van der Waals surface area contributed by atoms with Crippen LogP contribution in [0, 0.1) is 11.3 Å². The van der Waals surface area contributed by atoms with Gasteiger partial charge in [-0.2, -0.15) is 0 Å². The van der Waals surface area contributed by atoms with Gasteiger partial charge in [-0.1, -0.05) is 61.7 Å². The number of alkyl carbamates (subject to hydrolysis) is 1. The standard InChI is InChI=1S/C35H44Cl3N5O9S/c1-8-20-17-34(20,30(46)42-53(48,49)23-10-11-23)41-27(44)25-16-22(51-28-24-12-9-21(50-7)15-19(24)13-14-39-28)18-43(25)29(45)26(32(2,3)4)40-31(47)52-33(5,6)35(36,37)38/h8-9,12-15,20,22-23,25-26H,1,10-11,16-18H2,2-7H3,(H,40,47)(H,41,44)(H,42,46). The number of sulfonamides is 1. The van der Waals surface area contributed by atoms with Crippen LogP contribution < -0.4 is 24.8 Å². The van der Waals surface area contributed by atoms with Crippen LogP contribution in [0.5, 0.6) is 11.6 Å². The predicted molar refractivity (Wildman–Crippen MR) is 199 cm³/mol. The summed E-state index contributed by atoms with van der Waals surface area (Å²) in [5.41, 5.74) is -4.12.